The molecule has 2 N–H and O–H groups in total. The van der Waals surface area contributed by atoms with Gasteiger partial charge in [0.1, 0.15) is 11.6 Å². The van der Waals surface area contributed by atoms with E-state index in [0.29, 0.717) is 48.0 Å². The molecule has 0 amide bonds. The number of carboxylic acids is 1. The minimum absolute atomic E-state index is 0.0280. The van der Waals surface area contributed by atoms with E-state index in [-0.39, 0.29) is 35.1 Å². The number of fused-ring (bicyclic) bond motifs is 8. The van der Waals surface area contributed by atoms with Crippen molar-refractivity contribution in [2.24, 2.45) is 13.0 Å². The number of carboxylic acid groups (broad SMARTS) is 1. The average Bonchev–Trinajstić information content (AvgIpc) is 3.71. The van der Waals surface area contributed by atoms with Crippen molar-refractivity contribution in [1.29, 1.82) is 0 Å². The second kappa shape index (κ2) is 13.5. The normalized spacial score (nSPS) is 20.2. The molecule has 3 heterocycles. The SMILES string of the molecule is C[C@@H](Cc1cccc(C2(C)CCCC(C)(C)N(C)S(=O)(=O)CCc3c(c(F)cc4[nH]ccc34)Oc3ccc(F)c(c3)-c3nc2nn3C)c1)C(=O)O. The van der Waals surface area contributed by atoms with Gasteiger partial charge in [0.05, 0.1) is 22.6 Å². The number of aryl methyl sites for hydroxylation is 2. The van der Waals surface area contributed by atoms with Crippen molar-refractivity contribution in [3.8, 4) is 22.9 Å². The average molecular weight is 720 g/mol. The summed E-state index contributed by atoms with van der Waals surface area (Å²) in [7, 11) is -0.595. The number of nitrogens with one attached hydrogen (secondary N) is 1. The zero-order valence-corrected chi connectivity index (χ0v) is 30.4. The first-order valence-electron chi connectivity index (χ1n) is 17.0. The number of ether oxygens (including phenoxy) is 1. The fourth-order valence-corrected chi connectivity index (χ4v) is 8.52. The molecule has 1 unspecified atom stereocenters. The Bertz CT molecular complexity index is 2230. The Labute approximate surface area is 296 Å². The van der Waals surface area contributed by atoms with Crippen molar-refractivity contribution in [3.63, 3.8) is 0 Å². The van der Waals surface area contributed by atoms with Crippen molar-refractivity contribution in [2.45, 2.75) is 70.8 Å². The Morgan fingerprint density at radius 2 is 1.82 bits per heavy atom. The third kappa shape index (κ3) is 7.01. The molecule has 0 radical (unpaired) electrons. The lowest BCUT2D eigenvalue weighted by Crippen LogP contribution is -2.46. The van der Waals surface area contributed by atoms with E-state index < -0.39 is 44.5 Å². The lowest BCUT2D eigenvalue weighted by Gasteiger charge is -2.36. The Hall–Kier alpha value is -4.62. The Balaban J connectivity index is 1.52. The number of aromatic amines is 1. The molecule has 4 bridgehead atoms. The number of benzene rings is 3. The van der Waals surface area contributed by atoms with Gasteiger partial charge in [-0.05, 0) is 81.8 Å². The molecular weight excluding hydrogens is 677 g/mol. The van der Waals surface area contributed by atoms with Crippen molar-refractivity contribution in [3.05, 3.63) is 94.9 Å². The van der Waals surface area contributed by atoms with Gasteiger partial charge in [-0.1, -0.05) is 37.6 Å². The minimum Gasteiger partial charge on any atom is -0.481 e. The van der Waals surface area contributed by atoms with Gasteiger partial charge >= 0.3 is 5.97 Å². The molecule has 0 saturated carbocycles. The van der Waals surface area contributed by atoms with Gasteiger partial charge in [0.15, 0.2) is 23.2 Å². The number of carbonyl (C=O) groups is 1. The van der Waals surface area contributed by atoms with E-state index in [4.69, 9.17) is 14.8 Å². The maximum atomic E-state index is 15.7. The van der Waals surface area contributed by atoms with Crippen LogP contribution in [-0.2, 0) is 40.1 Å². The molecule has 270 valence electrons. The number of H-pyrrole nitrogens is 1. The number of halogens is 2. The van der Waals surface area contributed by atoms with E-state index >= 15 is 8.78 Å². The van der Waals surface area contributed by atoms with E-state index in [2.05, 4.69) is 4.98 Å². The summed E-state index contributed by atoms with van der Waals surface area (Å²) in [4.78, 5) is 19.5. The van der Waals surface area contributed by atoms with Crippen molar-refractivity contribution < 1.29 is 31.8 Å². The second-order valence-corrected chi connectivity index (χ2v) is 16.5. The highest BCUT2D eigenvalue weighted by Crippen LogP contribution is 2.40. The topological polar surface area (TPSA) is 130 Å². The van der Waals surface area contributed by atoms with Gasteiger partial charge < -0.3 is 14.8 Å². The van der Waals surface area contributed by atoms with E-state index in [0.717, 1.165) is 11.1 Å². The number of hydrogen-bond donors (Lipinski definition) is 2. The number of aliphatic carboxylic acids is 1. The van der Waals surface area contributed by atoms with Crippen LogP contribution in [0.3, 0.4) is 0 Å². The van der Waals surface area contributed by atoms with Gasteiger partial charge in [-0.25, -0.2) is 26.9 Å². The highest BCUT2D eigenvalue weighted by molar-refractivity contribution is 7.89. The van der Waals surface area contributed by atoms with Gasteiger partial charge in [-0.15, -0.1) is 0 Å². The molecule has 1 aliphatic heterocycles. The molecule has 51 heavy (non-hydrogen) atoms. The molecule has 10 nitrogen and oxygen atoms in total. The van der Waals surface area contributed by atoms with Crippen LogP contribution < -0.4 is 4.74 Å². The van der Waals surface area contributed by atoms with E-state index in [1.54, 1.807) is 33.3 Å². The number of hydrogen-bond acceptors (Lipinski definition) is 6. The molecule has 0 spiro atoms. The summed E-state index contributed by atoms with van der Waals surface area (Å²) in [6.07, 6.45) is 3.52. The maximum Gasteiger partial charge on any atom is 0.306 e. The van der Waals surface area contributed by atoms with Crippen LogP contribution in [0.2, 0.25) is 0 Å². The fraction of sp³-hybridized carbons (Fsp3) is 0.395. The van der Waals surface area contributed by atoms with Gasteiger partial charge in [0.25, 0.3) is 0 Å². The van der Waals surface area contributed by atoms with E-state index in [9.17, 15) is 18.3 Å². The third-order valence-corrected chi connectivity index (χ3v) is 12.4. The lowest BCUT2D eigenvalue weighted by atomic mass is 9.75. The summed E-state index contributed by atoms with van der Waals surface area (Å²) in [6, 6.07) is 14.8. The molecule has 5 aromatic rings. The van der Waals surface area contributed by atoms with Crippen LogP contribution in [-0.4, -0.2) is 61.9 Å². The summed E-state index contributed by atoms with van der Waals surface area (Å²) >= 11 is 0. The zero-order valence-electron chi connectivity index (χ0n) is 29.6. The first-order valence-corrected chi connectivity index (χ1v) is 18.6. The quantitative estimate of drug-likeness (QED) is 0.198. The summed E-state index contributed by atoms with van der Waals surface area (Å²) in [6.45, 7) is 7.41. The summed E-state index contributed by atoms with van der Waals surface area (Å²) < 4.78 is 68.2. The highest BCUT2D eigenvalue weighted by Gasteiger charge is 2.38. The first kappa shape index (κ1) is 36.2. The molecule has 2 atom stereocenters. The molecule has 6 rings (SSSR count). The summed E-state index contributed by atoms with van der Waals surface area (Å²) in [5.74, 6) is -2.40. The first-order chi connectivity index (χ1) is 24.0. The smallest absolute Gasteiger partial charge is 0.306 e. The highest BCUT2D eigenvalue weighted by atomic mass is 32.2. The monoisotopic (exact) mass is 719 g/mol. The standard InChI is InChI=1S/C38H43F2N5O5S/c1-23(35(46)47)19-24-9-7-10-25(20-24)38(4)16-8-15-37(2,3)45(6)51(48,49)18-14-28-27-13-17-41-32(27)22-31(40)33(28)50-26-11-12-30(39)29(21-26)34-42-36(38)43-44(34)5/h7,9-13,17,20-23,41H,8,14-16,18-19H2,1-6H3,(H,46,47)/t23-,38?/m0/s1. The Kier molecular flexibility index (Phi) is 9.57. The third-order valence-electron chi connectivity index (χ3n) is 10.4. The van der Waals surface area contributed by atoms with Crippen LogP contribution in [0.25, 0.3) is 22.3 Å². The molecule has 0 aliphatic carbocycles. The molecular formula is C38H43F2N5O5S. The molecule has 0 fully saturated rings. The van der Waals surface area contributed by atoms with E-state index in [1.165, 1.54) is 33.3 Å². The molecule has 13 heteroatoms. The van der Waals surface area contributed by atoms with Crippen molar-refractivity contribution in [1.82, 2.24) is 24.1 Å². The number of aromatic nitrogens is 4. The molecule has 1 aliphatic rings. The van der Waals surface area contributed by atoms with Crippen LogP contribution in [0.5, 0.6) is 11.5 Å². The Morgan fingerprint density at radius 1 is 1.06 bits per heavy atom. The summed E-state index contributed by atoms with van der Waals surface area (Å²) in [5, 5.41) is 15.0. The number of sulfonamides is 1. The largest absolute Gasteiger partial charge is 0.481 e. The molecule has 2 aromatic heterocycles. The van der Waals surface area contributed by atoms with Gasteiger partial charge in [-0.2, -0.15) is 9.40 Å². The zero-order chi connectivity index (χ0) is 36.9. The lowest BCUT2D eigenvalue weighted by molar-refractivity contribution is -0.141. The second-order valence-electron chi connectivity index (χ2n) is 14.4. The van der Waals surface area contributed by atoms with Gasteiger partial charge in [-0.3, -0.25) is 4.79 Å². The van der Waals surface area contributed by atoms with Crippen molar-refractivity contribution in [2.75, 3.05) is 12.8 Å². The Morgan fingerprint density at radius 3 is 2.57 bits per heavy atom. The van der Waals surface area contributed by atoms with Gasteiger partial charge in [0.2, 0.25) is 10.0 Å². The van der Waals surface area contributed by atoms with Crippen LogP contribution in [0, 0.1) is 17.6 Å². The van der Waals surface area contributed by atoms with Crippen LogP contribution in [0.4, 0.5) is 8.78 Å². The number of nitrogens with zero attached hydrogens (tertiary/aromatic N) is 4. The maximum absolute atomic E-state index is 15.7. The fourth-order valence-electron chi connectivity index (χ4n) is 6.94. The van der Waals surface area contributed by atoms with Crippen LogP contribution >= 0.6 is 0 Å². The molecule has 0 saturated heterocycles. The number of rotatable bonds is 4. The van der Waals surface area contributed by atoms with Gasteiger partial charge in [0, 0.05) is 48.4 Å². The van der Waals surface area contributed by atoms with Crippen molar-refractivity contribution >= 4 is 26.9 Å². The molecule has 3 aromatic carbocycles. The van der Waals surface area contributed by atoms with Crippen LogP contribution in [0.1, 0.15) is 69.5 Å². The van der Waals surface area contributed by atoms with Crippen LogP contribution in [0.15, 0.2) is 60.8 Å². The predicted molar refractivity (Wildman–Crippen MR) is 191 cm³/mol. The predicted octanol–water partition coefficient (Wildman–Crippen LogP) is 7.37. The van der Waals surface area contributed by atoms with E-state index in [1.807, 2.05) is 45.0 Å². The summed E-state index contributed by atoms with van der Waals surface area (Å²) in [5.41, 5.74) is 1.04. The minimum atomic E-state index is -3.84.